The number of nitrogens with one attached hydrogen (secondary N) is 2. The van der Waals surface area contributed by atoms with E-state index in [1.54, 1.807) is 0 Å². The van der Waals surface area contributed by atoms with Crippen molar-refractivity contribution in [3.8, 4) is 0 Å². The molecule has 33 heavy (non-hydrogen) atoms. The van der Waals surface area contributed by atoms with Crippen LogP contribution in [0, 0.1) is 0 Å². The molecular formula is C28H34N4O. The topological polar surface area (TPSA) is 57.3 Å². The lowest BCUT2D eigenvalue weighted by Gasteiger charge is -2.35. The molecular weight excluding hydrogens is 408 g/mol. The van der Waals surface area contributed by atoms with Crippen molar-refractivity contribution in [3.05, 3.63) is 90.3 Å². The number of rotatable bonds is 9. The minimum absolute atomic E-state index is 0.0545. The van der Waals surface area contributed by atoms with Crippen LogP contribution in [0.2, 0.25) is 0 Å². The number of carbonyl (C=O) groups is 1. The molecule has 1 aliphatic heterocycles. The summed E-state index contributed by atoms with van der Waals surface area (Å²) in [5.41, 5.74) is 4.55. The second-order valence-corrected chi connectivity index (χ2v) is 8.98. The van der Waals surface area contributed by atoms with Gasteiger partial charge in [-0.05, 0) is 74.1 Å². The van der Waals surface area contributed by atoms with Crippen LogP contribution in [-0.2, 0) is 17.6 Å². The van der Waals surface area contributed by atoms with E-state index in [-0.39, 0.29) is 5.91 Å². The fourth-order valence-corrected chi connectivity index (χ4v) is 4.52. The van der Waals surface area contributed by atoms with E-state index >= 15 is 0 Å². The average molecular weight is 443 g/mol. The smallest absolute Gasteiger partial charge is 0.224 e. The monoisotopic (exact) mass is 442 g/mol. The third kappa shape index (κ3) is 7.16. The quantitative estimate of drug-likeness (QED) is 0.498. The van der Waals surface area contributed by atoms with Crippen LogP contribution < -0.4 is 15.5 Å². The number of aromatic nitrogens is 1. The van der Waals surface area contributed by atoms with Gasteiger partial charge in [-0.1, -0.05) is 36.4 Å². The molecule has 2 heterocycles. The molecule has 0 spiro atoms. The summed E-state index contributed by atoms with van der Waals surface area (Å²) < 4.78 is 0. The molecule has 0 radical (unpaired) electrons. The van der Waals surface area contributed by atoms with E-state index in [0.29, 0.717) is 18.5 Å². The normalized spacial score (nSPS) is 15.2. The molecule has 2 aromatic carbocycles. The van der Waals surface area contributed by atoms with Gasteiger partial charge in [-0.2, -0.15) is 0 Å². The first kappa shape index (κ1) is 23.0. The summed E-state index contributed by atoms with van der Waals surface area (Å²) in [6, 6.07) is 23.5. The molecule has 1 aromatic heterocycles. The van der Waals surface area contributed by atoms with Gasteiger partial charge >= 0.3 is 0 Å². The Kier molecular flexibility index (Phi) is 8.09. The molecule has 2 N–H and O–H groups in total. The summed E-state index contributed by atoms with van der Waals surface area (Å²) >= 11 is 0. The zero-order chi connectivity index (χ0) is 22.9. The Morgan fingerprint density at radius 2 is 1.73 bits per heavy atom. The number of carbonyl (C=O) groups excluding carboxylic acids is 1. The van der Waals surface area contributed by atoms with Crippen molar-refractivity contribution in [2.45, 2.75) is 51.1 Å². The first-order valence-electron chi connectivity index (χ1n) is 12.0. The van der Waals surface area contributed by atoms with Gasteiger partial charge in [-0.15, -0.1) is 0 Å². The van der Waals surface area contributed by atoms with Crippen molar-refractivity contribution in [3.63, 3.8) is 0 Å². The zero-order valence-corrected chi connectivity index (χ0v) is 19.4. The Morgan fingerprint density at radius 1 is 1.00 bits per heavy atom. The van der Waals surface area contributed by atoms with Crippen LogP contribution in [0.5, 0.6) is 0 Å². The molecule has 5 nitrogen and oxygen atoms in total. The van der Waals surface area contributed by atoms with E-state index in [2.05, 4.69) is 57.8 Å². The molecule has 0 aliphatic carbocycles. The van der Waals surface area contributed by atoms with E-state index in [1.165, 1.54) is 16.8 Å². The Labute approximate surface area is 197 Å². The van der Waals surface area contributed by atoms with E-state index < -0.39 is 0 Å². The maximum absolute atomic E-state index is 12.3. The number of nitrogens with zero attached hydrogens (tertiary/aromatic N) is 2. The highest BCUT2D eigenvalue weighted by molar-refractivity contribution is 5.91. The van der Waals surface area contributed by atoms with Crippen LogP contribution in [0.15, 0.2) is 79.1 Å². The number of pyridine rings is 1. The molecule has 5 heteroatoms. The predicted molar refractivity (Wildman–Crippen MR) is 136 cm³/mol. The van der Waals surface area contributed by atoms with Crippen molar-refractivity contribution in [2.24, 2.45) is 0 Å². The van der Waals surface area contributed by atoms with Gasteiger partial charge in [-0.3, -0.25) is 9.78 Å². The number of hydrogen-bond acceptors (Lipinski definition) is 4. The van der Waals surface area contributed by atoms with E-state index in [9.17, 15) is 4.79 Å². The number of amides is 1. The molecule has 1 atom stereocenters. The number of piperidine rings is 1. The van der Waals surface area contributed by atoms with Gasteiger partial charge in [0.05, 0.1) is 0 Å². The summed E-state index contributed by atoms with van der Waals surface area (Å²) in [4.78, 5) is 18.9. The molecule has 1 unspecified atom stereocenters. The Hall–Kier alpha value is -3.18. The summed E-state index contributed by atoms with van der Waals surface area (Å²) in [5.74, 6) is 0.0545. The van der Waals surface area contributed by atoms with E-state index in [4.69, 9.17) is 0 Å². The first-order valence-corrected chi connectivity index (χ1v) is 12.0. The number of hydrogen-bond donors (Lipinski definition) is 2. The zero-order valence-electron chi connectivity index (χ0n) is 19.4. The summed E-state index contributed by atoms with van der Waals surface area (Å²) in [7, 11) is 0. The van der Waals surface area contributed by atoms with Crippen LogP contribution in [-0.4, -0.2) is 36.1 Å². The number of benzene rings is 2. The first-order chi connectivity index (χ1) is 16.2. The lowest BCUT2D eigenvalue weighted by Crippen LogP contribution is -2.46. The van der Waals surface area contributed by atoms with Crippen LogP contribution in [0.1, 0.15) is 37.3 Å². The lowest BCUT2D eigenvalue weighted by atomic mass is 10.0. The van der Waals surface area contributed by atoms with Crippen molar-refractivity contribution in [1.29, 1.82) is 0 Å². The van der Waals surface area contributed by atoms with Crippen LogP contribution in [0.4, 0.5) is 11.4 Å². The fraction of sp³-hybridized carbons (Fsp3) is 0.357. The second kappa shape index (κ2) is 11.6. The molecule has 0 bridgehead atoms. The van der Waals surface area contributed by atoms with E-state index in [1.807, 2.05) is 48.8 Å². The van der Waals surface area contributed by atoms with Gasteiger partial charge < -0.3 is 15.5 Å². The number of aryl methyl sites for hydroxylation is 1. The van der Waals surface area contributed by atoms with Crippen LogP contribution in [0.25, 0.3) is 0 Å². The third-order valence-electron chi connectivity index (χ3n) is 6.28. The van der Waals surface area contributed by atoms with Gasteiger partial charge in [0, 0.05) is 55.4 Å². The Balaban J connectivity index is 1.19. The maximum Gasteiger partial charge on any atom is 0.224 e. The average Bonchev–Trinajstić information content (AvgIpc) is 2.85. The van der Waals surface area contributed by atoms with Crippen molar-refractivity contribution < 1.29 is 4.79 Å². The molecule has 1 saturated heterocycles. The highest BCUT2D eigenvalue weighted by Gasteiger charge is 2.20. The molecule has 4 rings (SSSR count). The largest absolute Gasteiger partial charge is 0.371 e. The van der Waals surface area contributed by atoms with Gasteiger partial charge in [0.25, 0.3) is 0 Å². The minimum atomic E-state index is 0.0545. The van der Waals surface area contributed by atoms with Gasteiger partial charge in [0.15, 0.2) is 0 Å². The minimum Gasteiger partial charge on any atom is -0.371 e. The maximum atomic E-state index is 12.3. The van der Waals surface area contributed by atoms with Crippen molar-refractivity contribution in [1.82, 2.24) is 10.3 Å². The SMILES string of the molecule is CC(Cc1cccnc1)NC1CCN(c2ccc(NC(=O)CCc3ccccc3)cc2)CC1. The van der Waals surface area contributed by atoms with Crippen molar-refractivity contribution in [2.75, 3.05) is 23.3 Å². The van der Waals surface area contributed by atoms with Crippen molar-refractivity contribution >= 4 is 17.3 Å². The molecule has 1 amide bonds. The molecule has 1 fully saturated rings. The highest BCUT2D eigenvalue weighted by atomic mass is 16.1. The van der Waals surface area contributed by atoms with Gasteiger partial charge in [0.2, 0.25) is 5.91 Å². The standard InChI is InChI=1S/C28H34N4O/c1-22(20-24-8-5-17-29-21-24)30-26-15-18-32(19-16-26)27-12-10-25(11-13-27)31-28(33)14-9-23-6-3-2-4-7-23/h2-8,10-13,17,21-22,26,30H,9,14-16,18-20H2,1H3,(H,31,33). The van der Waals surface area contributed by atoms with E-state index in [0.717, 1.165) is 44.5 Å². The molecule has 172 valence electrons. The third-order valence-corrected chi connectivity index (χ3v) is 6.28. The van der Waals surface area contributed by atoms with Crippen LogP contribution in [0.3, 0.4) is 0 Å². The molecule has 3 aromatic rings. The highest BCUT2D eigenvalue weighted by Crippen LogP contribution is 2.22. The molecule has 0 saturated carbocycles. The summed E-state index contributed by atoms with van der Waals surface area (Å²) in [6.45, 7) is 4.34. The Morgan fingerprint density at radius 3 is 2.42 bits per heavy atom. The van der Waals surface area contributed by atoms with Crippen LogP contribution >= 0.6 is 0 Å². The summed E-state index contributed by atoms with van der Waals surface area (Å²) in [6.07, 6.45) is 8.30. The molecule has 1 aliphatic rings. The van der Waals surface area contributed by atoms with Gasteiger partial charge in [-0.25, -0.2) is 0 Å². The lowest BCUT2D eigenvalue weighted by molar-refractivity contribution is -0.116. The predicted octanol–water partition coefficient (Wildman–Crippen LogP) is 4.84. The van der Waals surface area contributed by atoms with Gasteiger partial charge in [0.1, 0.15) is 0 Å². The number of anilines is 2. The second-order valence-electron chi connectivity index (χ2n) is 8.98. The summed E-state index contributed by atoms with van der Waals surface area (Å²) in [5, 5.41) is 6.81. The fourth-order valence-electron chi connectivity index (χ4n) is 4.52. The Bertz CT molecular complexity index is 983.